The summed E-state index contributed by atoms with van der Waals surface area (Å²) in [6.07, 6.45) is 14.3. The van der Waals surface area contributed by atoms with Crippen LogP contribution in [0.3, 0.4) is 0 Å². The van der Waals surface area contributed by atoms with Gasteiger partial charge in [0.1, 0.15) is 0 Å². The molecule has 0 spiro atoms. The maximum atomic E-state index is 12.1. The van der Waals surface area contributed by atoms with E-state index in [0.717, 1.165) is 29.6 Å². The van der Waals surface area contributed by atoms with Gasteiger partial charge >= 0.3 is 0 Å². The maximum absolute atomic E-state index is 12.1. The van der Waals surface area contributed by atoms with Crippen molar-refractivity contribution in [1.82, 2.24) is 0 Å². The lowest BCUT2D eigenvalue weighted by atomic mass is 9.42. The van der Waals surface area contributed by atoms with Crippen molar-refractivity contribution in [3.8, 4) is 0 Å². The fraction of sp³-hybridized carbons (Fsp3) is 1.00. The normalized spacial score (nSPS) is 69.2. The van der Waals surface area contributed by atoms with Gasteiger partial charge in [0.25, 0.3) is 0 Å². The van der Waals surface area contributed by atoms with Gasteiger partial charge in [0.05, 0.1) is 5.60 Å². The van der Waals surface area contributed by atoms with E-state index in [1.54, 1.807) is 0 Å². The molecular formula is C19H28O. The topological polar surface area (TPSA) is 20.2 Å². The van der Waals surface area contributed by atoms with Crippen LogP contribution in [0.25, 0.3) is 0 Å². The van der Waals surface area contributed by atoms with Gasteiger partial charge in [0, 0.05) is 5.41 Å². The van der Waals surface area contributed by atoms with Crippen LogP contribution >= 0.6 is 0 Å². The molecule has 8 bridgehead atoms. The second-order valence-electron chi connectivity index (χ2n) is 9.83. The smallest absolute Gasteiger partial charge is 0.0762 e. The van der Waals surface area contributed by atoms with Gasteiger partial charge in [-0.1, -0.05) is 0 Å². The highest BCUT2D eigenvalue weighted by Crippen LogP contribution is 2.75. The molecule has 0 aliphatic heterocycles. The van der Waals surface area contributed by atoms with Crippen LogP contribution in [0.5, 0.6) is 0 Å². The van der Waals surface area contributed by atoms with Crippen molar-refractivity contribution in [3.05, 3.63) is 0 Å². The van der Waals surface area contributed by atoms with E-state index in [9.17, 15) is 5.11 Å². The summed E-state index contributed by atoms with van der Waals surface area (Å²) in [6, 6.07) is 0. The molecule has 8 aliphatic carbocycles. The van der Waals surface area contributed by atoms with Gasteiger partial charge in [-0.05, 0) is 106 Å². The Morgan fingerprint density at radius 2 is 1.00 bits per heavy atom. The molecule has 0 amide bonds. The molecule has 0 aromatic rings. The van der Waals surface area contributed by atoms with E-state index in [2.05, 4.69) is 0 Å². The molecule has 8 rings (SSSR count). The second kappa shape index (κ2) is 3.31. The minimum absolute atomic E-state index is 0.227. The van der Waals surface area contributed by atoms with Crippen molar-refractivity contribution < 1.29 is 5.11 Å². The second-order valence-corrected chi connectivity index (χ2v) is 9.83. The Bertz CT molecular complexity index is 424. The van der Waals surface area contributed by atoms with Gasteiger partial charge in [-0.3, -0.25) is 0 Å². The maximum Gasteiger partial charge on any atom is 0.0762 e. The zero-order valence-electron chi connectivity index (χ0n) is 12.6. The lowest BCUT2D eigenvalue weighted by Gasteiger charge is -2.65. The summed E-state index contributed by atoms with van der Waals surface area (Å²) in [5.41, 5.74) is 0.165. The predicted octanol–water partition coefficient (Wildman–Crippen LogP) is 4.00. The lowest BCUT2D eigenvalue weighted by molar-refractivity contribution is -0.244. The summed E-state index contributed by atoms with van der Waals surface area (Å²) < 4.78 is 0. The SMILES string of the molecule is OC1(C23CC4CC(CC2C4)C3)C2CC3CC(C2)CC1C3. The monoisotopic (exact) mass is 272 g/mol. The van der Waals surface area contributed by atoms with Crippen molar-refractivity contribution in [1.29, 1.82) is 0 Å². The summed E-state index contributed by atoms with van der Waals surface area (Å²) in [5.74, 6) is 6.26. The van der Waals surface area contributed by atoms with E-state index >= 15 is 0 Å². The third-order valence-electron chi connectivity index (χ3n) is 9.17. The molecule has 0 aromatic heterocycles. The zero-order valence-corrected chi connectivity index (χ0v) is 12.6. The number of hydrogen-bond acceptors (Lipinski definition) is 1. The molecule has 20 heavy (non-hydrogen) atoms. The largest absolute Gasteiger partial charge is 0.389 e. The van der Waals surface area contributed by atoms with Crippen molar-refractivity contribution in [2.75, 3.05) is 0 Å². The van der Waals surface area contributed by atoms with Crippen LogP contribution in [0.15, 0.2) is 0 Å². The van der Waals surface area contributed by atoms with Crippen molar-refractivity contribution >= 4 is 0 Å². The number of aliphatic hydroxyl groups is 1. The molecule has 8 fully saturated rings. The molecule has 110 valence electrons. The fourth-order valence-corrected chi connectivity index (χ4v) is 9.17. The first-order valence-electron chi connectivity index (χ1n) is 9.40. The first-order chi connectivity index (χ1) is 9.67. The van der Waals surface area contributed by atoms with Gasteiger partial charge in [-0.2, -0.15) is 0 Å². The molecule has 8 aliphatic rings. The highest BCUT2D eigenvalue weighted by molar-refractivity contribution is 5.22. The first kappa shape index (κ1) is 11.5. The van der Waals surface area contributed by atoms with Gasteiger partial charge in [0.2, 0.25) is 0 Å². The highest BCUT2D eigenvalue weighted by atomic mass is 16.3. The molecule has 0 radical (unpaired) electrons. The molecule has 8 saturated carbocycles. The van der Waals surface area contributed by atoms with Crippen LogP contribution in [0.4, 0.5) is 0 Å². The summed E-state index contributed by atoms with van der Waals surface area (Å²) >= 11 is 0. The Kier molecular flexibility index (Phi) is 1.91. The Morgan fingerprint density at radius 1 is 0.550 bits per heavy atom. The number of hydrogen-bond donors (Lipinski definition) is 1. The molecule has 0 aromatic carbocycles. The van der Waals surface area contributed by atoms with Gasteiger partial charge in [0.15, 0.2) is 0 Å². The number of rotatable bonds is 1. The predicted molar refractivity (Wildman–Crippen MR) is 78.0 cm³/mol. The first-order valence-corrected chi connectivity index (χ1v) is 9.40. The van der Waals surface area contributed by atoms with Gasteiger partial charge in [-0.15, -0.1) is 0 Å². The van der Waals surface area contributed by atoms with Crippen molar-refractivity contribution in [3.63, 3.8) is 0 Å². The third-order valence-corrected chi connectivity index (χ3v) is 9.17. The minimum Gasteiger partial charge on any atom is -0.389 e. The van der Waals surface area contributed by atoms with Crippen molar-refractivity contribution in [2.45, 2.75) is 69.8 Å². The summed E-state index contributed by atoms with van der Waals surface area (Å²) in [5, 5.41) is 12.1. The third kappa shape index (κ3) is 1.09. The van der Waals surface area contributed by atoms with Crippen LogP contribution in [-0.2, 0) is 0 Å². The van der Waals surface area contributed by atoms with E-state index in [1.807, 2.05) is 0 Å². The van der Waals surface area contributed by atoms with Crippen LogP contribution in [0.1, 0.15) is 64.2 Å². The Hall–Kier alpha value is -0.0400. The average molecular weight is 272 g/mol. The summed E-state index contributed by atoms with van der Waals surface area (Å²) in [7, 11) is 0. The molecule has 1 nitrogen and oxygen atoms in total. The molecule has 0 heterocycles. The van der Waals surface area contributed by atoms with Gasteiger partial charge in [-0.25, -0.2) is 0 Å². The fourth-order valence-electron chi connectivity index (χ4n) is 9.17. The Balaban J connectivity index is 1.48. The molecule has 0 saturated heterocycles. The minimum atomic E-state index is -0.227. The van der Waals surface area contributed by atoms with Gasteiger partial charge < -0.3 is 5.11 Å². The van der Waals surface area contributed by atoms with E-state index in [-0.39, 0.29) is 5.60 Å². The molecule has 2 unspecified atom stereocenters. The van der Waals surface area contributed by atoms with Crippen LogP contribution < -0.4 is 0 Å². The van der Waals surface area contributed by atoms with Crippen LogP contribution in [-0.4, -0.2) is 10.7 Å². The van der Waals surface area contributed by atoms with E-state index in [1.165, 1.54) is 64.2 Å². The van der Waals surface area contributed by atoms with E-state index in [0.29, 0.717) is 17.3 Å². The van der Waals surface area contributed by atoms with E-state index in [4.69, 9.17) is 0 Å². The molecule has 2 atom stereocenters. The molecule has 1 N–H and O–H groups in total. The lowest BCUT2D eigenvalue weighted by Crippen LogP contribution is -2.66. The van der Waals surface area contributed by atoms with Crippen LogP contribution in [0.2, 0.25) is 0 Å². The molecule has 1 heteroatoms. The standard InChI is InChI=1S/C19H28O/c20-19(16-3-11-1-12(5-16)6-17(19)4-11)18-9-13-2-14(10-18)8-15(18)7-13/h11-17,20H,1-10H2. The zero-order chi connectivity index (χ0) is 13.1. The van der Waals surface area contributed by atoms with Crippen LogP contribution in [0, 0.1) is 46.8 Å². The average Bonchev–Trinajstić information content (AvgIpc) is 2.81. The quantitative estimate of drug-likeness (QED) is 0.765. The van der Waals surface area contributed by atoms with Crippen molar-refractivity contribution in [2.24, 2.45) is 46.8 Å². The summed E-state index contributed by atoms with van der Waals surface area (Å²) in [4.78, 5) is 0. The molecular weight excluding hydrogens is 244 g/mol. The highest BCUT2D eigenvalue weighted by Gasteiger charge is 2.72. The van der Waals surface area contributed by atoms with E-state index < -0.39 is 0 Å². The Morgan fingerprint density at radius 3 is 1.55 bits per heavy atom. The Labute approximate surface area is 122 Å². The summed E-state index contributed by atoms with van der Waals surface area (Å²) in [6.45, 7) is 0.